The van der Waals surface area contributed by atoms with Crippen LogP contribution in [-0.4, -0.2) is 13.1 Å². The minimum Gasteiger partial charge on any atom is -0.444 e. The van der Waals surface area contributed by atoms with Crippen molar-refractivity contribution in [1.82, 2.24) is 0 Å². The average Bonchev–Trinajstić information content (AvgIpc) is 2.52. The van der Waals surface area contributed by atoms with Crippen LogP contribution in [0.4, 0.5) is 10.5 Å². The number of nitriles is 1. The highest BCUT2D eigenvalue weighted by atomic mass is 16.6. The molecule has 100 valence electrons. The minimum absolute atomic E-state index is 0.207. The molecule has 0 saturated carbocycles. The maximum absolute atomic E-state index is 12.0. The van der Waals surface area contributed by atoms with Gasteiger partial charge in [-0.05, 0) is 17.7 Å². The smallest absolute Gasteiger partial charge is 0.414 e. The second-order valence-electron chi connectivity index (χ2n) is 4.23. The molecule has 0 aromatic heterocycles. The highest BCUT2D eigenvalue weighted by Gasteiger charge is 2.15. The molecule has 2 rings (SSSR count). The van der Waals surface area contributed by atoms with E-state index in [4.69, 9.17) is 10.00 Å². The van der Waals surface area contributed by atoms with Crippen molar-refractivity contribution in [2.45, 2.75) is 6.61 Å². The predicted octanol–water partition coefficient (Wildman–Crippen LogP) is 3.33. The summed E-state index contributed by atoms with van der Waals surface area (Å²) in [7, 11) is 1.59. The van der Waals surface area contributed by atoms with Crippen molar-refractivity contribution in [1.29, 1.82) is 5.26 Å². The van der Waals surface area contributed by atoms with Crippen LogP contribution in [-0.2, 0) is 11.3 Å². The van der Waals surface area contributed by atoms with Gasteiger partial charge in [-0.15, -0.1) is 0 Å². The van der Waals surface area contributed by atoms with Crippen molar-refractivity contribution in [3.8, 4) is 6.07 Å². The first-order valence-corrected chi connectivity index (χ1v) is 6.16. The Hall–Kier alpha value is -2.80. The maximum atomic E-state index is 12.0. The van der Waals surface area contributed by atoms with Gasteiger partial charge in [0.15, 0.2) is 0 Å². The average molecular weight is 266 g/mol. The zero-order valence-corrected chi connectivity index (χ0v) is 11.1. The zero-order valence-electron chi connectivity index (χ0n) is 11.1. The lowest BCUT2D eigenvalue weighted by atomic mass is 10.2. The van der Waals surface area contributed by atoms with Crippen LogP contribution < -0.4 is 4.90 Å². The van der Waals surface area contributed by atoms with Crippen LogP contribution >= 0.6 is 0 Å². The standard InChI is InChI=1S/C16H14N2O2/c1-18(15-10-6-5-9-14(15)11-17)16(19)20-12-13-7-3-2-4-8-13/h2-10H,12H2,1H3. The fourth-order valence-corrected chi connectivity index (χ4v) is 1.78. The van der Waals surface area contributed by atoms with Gasteiger partial charge in [0.1, 0.15) is 12.7 Å². The van der Waals surface area contributed by atoms with Gasteiger partial charge in [0.2, 0.25) is 0 Å². The number of amides is 1. The molecule has 1 amide bonds. The third kappa shape index (κ3) is 3.15. The van der Waals surface area contributed by atoms with Crippen molar-refractivity contribution in [3.05, 3.63) is 65.7 Å². The molecular formula is C16H14N2O2. The molecule has 2 aromatic rings. The second-order valence-corrected chi connectivity index (χ2v) is 4.23. The second kappa shape index (κ2) is 6.39. The normalized spacial score (nSPS) is 9.60. The van der Waals surface area contributed by atoms with Crippen LogP contribution in [0.3, 0.4) is 0 Å². The Morgan fingerprint density at radius 3 is 2.50 bits per heavy atom. The van der Waals surface area contributed by atoms with Gasteiger partial charge in [0, 0.05) is 7.05 Å². The van der Waals surface area contributed by atoms with Gasteiger partial charge in [-0.3, -0.25) is 4.90 Å². The molecule has 4 heteroatoms. The van der Waals surface area contributed by atoms with Gasteiger partial charge in [-0.25, -0.2) is 4.79 Å². The predicted molar refractivity (Wildman–Crippen MR) is 76.2 cm³/mol. The Morgan fingerprint density at radius 2 is 1.80 bits per heavy atom. The van der Waals surface area contributed by atoms with E-state index in [1.807, 2.05) is 30.3 Å². The third-order valence-electron chi connectivity index (χ3n) is 2.86. The summed E-state index contributed by atoms with van der Waals surface area (Å²) in [5, 5.41) is 9.03. The van der Waals surface area contributed by atoms with Crippen LogP contribution in [0.25, 0.3) is 0 Å². The number of rotatable bonds is 3. The first-order valence-electron chi connectivity index (χ1n) is 6.16. The van der Waals surface area contributed by atoms with E-state index in [1.165, 1.54) is 4.90 Å². The number of carbonyl (C=O) groups excluding carboxylic acids is 1. The summed E-state index contributed by atoms with van der Waals surface area (Å²) in [4.78, 5) is 13.3. The number of carbonyl (C=O) groups is 1. The summed E-state index contributed by atoms with van der Waals surface area (Å²) >= 11 is 0. The molecule has 0 atom stereocenters. The number of benzene rings is 2. The minimum atomic E-state index is -0.489. The lowest BCUT2D eigenvalue weighted by Crippen LogP contribution is -2.27. The van der Waals surface area contributed by atoms with Gasteiger partial charge in [-0.1, -0.05) is 42.5 Å². The summed E-state index contributed by atoms with van der Waals surface area (Å²) < 4.78 is 5.22. The third-order valence-corrected chi connectivity index (χ3v) is 2.86. The Labute approximate surface area is 117 Å². The summed E-state index contributed by atoms with van der Waals surface area (Å²) in [6.45, 7) is 0.207. The van der Waals surface area contributed by atoms with E-state index in [0.29, 0.717) is 11.3 Å². The largest absolute Gasteiger partial charge is 0.444 e. The Bertz CT molecular complexity index is 632. The molecule has 0 N–H and O–H groups in total. The Morgan fingerprint density at radius 1 is 1.15 bits per heavy atom. The van der Waals surface area contributed by atoms with Crippen molar-refractivity contribution < 1.29 is 9.53 Å². The molecule has 4 nitrogen and oxygen atoms in total. The van der Waals surface area contributed by atoms with Crippen molar-refractivity contribution in [2.75, 3.05) is 11.9 Å². The van der Waals surface area contributed by atoms with E-state index >= 15 is 0 Å². The number of hydrogen-bond acceptors (Lipinski definition) is 3. The quantitative estimate of drug-likeness (QED) is 0.856. The van der Waals surface area contributed by atoms with Gasteiger partial charge in [0.25, 0.3) is 0 Å². The summed E-state index contributed by atoms with van der Waals surface area (Å²) in [6.07, 6.45) is -0.489. The molecule has 20 heavy (non-hydrogen) atoms. The number of nitrogens with zero attached hydrogens (tertiary/aromatic N) is 2. The molecule has 0 aliphatic heterocycles. The molecule has 0 bridgehead atoms. The van der Waals surface area contributed by atoms with Crippen LogP contribution in [0.15, 0.2) is 54.6 Å². The molecule has 0 spiro atoms. The Kier molecular flexibility index (Phi) is 4.35. The van der Waals surface area contributed by atoms with Crippen LogP contribution in [0.1, 0.15) is 11.1 Å². The first kappa shape index (κ1) is 13.6. The molecule has 0 aliphatic rings. The lowest BCUT2D eigenvalue weighted by Gasteiger charge is -2.18. The van der Waals surface area contributed by atoms with Crippen LogP contribution in [0.2, 0.25) is 0 Å². The van der Waals surface area contributed by atoms with Gasteiger partial charge in [0.05, 0.1) is 11.3 Å². The van der Waals surface area contributed by atoms with Gasteiger partial charge < -0.3 is 4.74 Å². The van der Waals surface area contributed by atoms with Crippen LogP contribution in [0, 0.1) is 11.3 Å². The molecule has 0 aliphatic carbocycles. The number of para-hydroxylation sites is 1. The maximum Gasteiger partial charge on any atom is 0.414 e. The van der Waals surface area contributed by atoms with Crippen molar-refractivity contribution in [2.24, 2.45) is 0 Å². The molecular weight excluding hydrogens is 252 g/mol. The molecule has 0 unspecified atom stereocenters. The summed E-state index contributed by atoms with van der Waals surface area (Å²) in [5.74, 6) is 0. The number of anilines is 1. The van der Waals surface area contributed by atoms with E-state index in [1.54, 1.807) is 31.3 Å². The van der Waals surface area contributed by atoms with E-state index in [0.717, 1.165) is 5.56 Å². The monoisotopic (exact) mass is 266 g/mol. The molecule has 2 aromatic carbocycles. The topological polar surface area (TPSA) is 53.3 Å². The van der Waals surface area contributed by atoms with Crippen molar-refractivity contribution >= 4 is 11.8 Å². The highest BCUT2D eigenvalue weighted by Crippen LogP contribution is 2.19. The van der Waals surface area contributed by atoms with E-state index in [-0.39, 0.29) is 6.61 Å². The Balaban J connectivity index is 2.04. The first-order chi connectivity index (χ1) is 9.72. The van der Waals surface area contributed by atoms with Gasteiger partial charge >= 0.3 is 6.09 Å². The molecule has 0 radical (unpaired) electrons. The fourth-order valence-electron chi connectivity index (χ4n) is 1.78. The van der Waals surface area contributed by atoms with Crippen molar-refractivity contribution in [3.63, 3.8) is 0 Å². The fraction of sp³-hybridized carbons (Fsp3) is 0.125. The lowest BCUT2D eigenvalue weighted by molar-refractivity contribution is 0.148. The summed E-state index contributed by atoms with van der Waals surface area (Å²) in [5.41, 5.74) is 1.89. The zero-order chi connectivity index (χ0) is 14.4. The SMILES string of the molecule is CN(C(=O)OCc1ccccc1)c1ccccc1C#N. The van der Waals surface area contributed by atoms with Gasteiger partial charge in [-0.2, -0.15) is 5.26 Å². The highest BCUT2D eigenvalue weighted by molar-refractivity contribution is 5.88. The van der Waals surface area contributed by atoms with E-state index < -0.39 is 6.09 Å². The van der Waals surface area contributed by atoms with E-state index in [2.05, 4.69) is 6.07 Å². The molecule has 0 fully saturated rings. The van der Waals surface area contributed by atoms with E-state index in [9.17, 15) is 4.79 Å². The van der Waals surface area contributed by atoms with Crippen LogP contribution in [0.5, 0.6) is 0 Å². The number of ether oxygens (including phenoxy) is 1. The molecule has 0 heterocycles. The summed E-state index contributed by atoms with van der Waals surface area (Å²) in [6, 6.07) is 18.4. The molecule has 0 saturated heterocycles. The number of hydrogen-bond donors (Lipinski definition) is 0.